The first-order chi connectivity index (χ1) is 12.2. The number of allylic oxidation sites excluding steroid dienone is 5. The van der Waals surface area contributed by atoms with E-state index in [0.29, 0.717) is 18.0 Å². The molecule has 0 saturated carbocycles. The molecule has 124 valence electrons. The number of nitroso groups, excluding NO2 is 2. The maximum Gasteiger partial charge on any atom is 0.118 e. The maximum atomic E-state index is 11.6. The maximum absolute atomic E-state index is 11.6. The van der Waals surface area contributed by atoms with Gasteiger partial charge >= 0.3 is 0 Å². The van der Waals surface area contributed by atoms with Gasteiger partial charge in [-0.25, -0.2) is 0 Å². The van der Waals surface area contributed by atoms with Crippen molar-refractivity contribution in [3.05, 3.63) is 91.4 Å². The van der Waals surface area contributed by atoms with E-state index in [0.717, 1.165) is 17.6 Å². The van der Waals surface area contributed by atoms with Gasteiger partial charge in [-0.15, -0.1) is 4.91 Å². The topological polar surface area (TPSA) is 58.9 Å². The monoisotopic (exact) mass is 330 g/mol. The Hall–Kier alpha value is -2.62. The van der Waals surface area contributed by atoms with Crippen molar-refractivity contribution in [3.8, 4) is 0 Å². The van der Waals surface area contributed by atoms with Crippen LogP contribution in [0.25, 0.3) is 0 Å². The van der Waals surface area contributed by atoms with E-state index in [1.165, 1.54) is 22.3 Å². The molecule has 4 atom stereocenters. The van der Waals surface area contributed by atoms with Crippen LogP contribution >= 0.6 is 0 Å². The SMILES string of the molecule is CC1C=CC2=C(C1)C1C3=C(C(N=O)CC=C3N=O)C2c2ccccc21. The summed E-state index contributed by atoms with van der Waals surface area (Å²) < 4.78 is 0. The molecule has 0 N–H and O–H groups in total. The van der Waals surface area contributed by atoms with Crippen molar-refractivity contribution in [3.63, 3.8) is 0 Å². The molecule has 4 unspecified atom stereocenters. The van der Waals surface area contributed by atoms with E-state index >= 15 is 0 Å². The number of nitrogens with zero attached hydrogens (tertiary/aromatic N) is 2. The van der Waals surface area contributed by atoms with Crippen LogP contribution in [0.5, 0.6) is 0 Å². The molecule has 0 saturated heterocycles. The van der Waals surface area contributed by atoms with E-state index in [4.69, 9.17) is 0 Å². The van der Waals surface area contributed by atoms with Gasteiger partial charge in [0.15, 0.2) is 0 Å². The van der Waals surface area contributed by atoms with E-state index in [1.807, 2.05) is 0 Å². The average Bonchev–Trinajstić information content (AvgIpc) is 2.66. The van der Waals surface area contributed by atoms with Crippen LogP contribution in [0.1, 0.15) is 42.7 Å². The van der Waals surface area contributed by atoms with Crippen molar-refractivity contribution in [2.45, 2.75) is 37.6 Å². The molecular weight excluding hydrogens is 312 g/mol. The minimum absolute atomic E-state index is 0.0306. The van der Waals surface area contributed by atoms with Gasteiger partial charge in [0.05, 0.1) is 0 Å². The zero-order chi connectivity index (χ0) is 17.1. The lowest BCUT2D eigenvalue weighted by molar-refractivity contribution is 0.571. The lowest BCUT2D eigenvalue weighted by Crippen LogP contribution is -2.35. The molecule has 1 aromatic carbocycles. The largest absolute Gasteiger partial charge is 0.150 e. The van der Waals surface area contributed by atoms with Crippen LogP contribution in [0, 0.1) is 15.7 Å². The van der Waals surface area contributed by atoms with Crippen LogP contribution in [-0.2, 0) is 0 Å². The molecule has 0 amide bonds. The predicted molar refractivity (Wildman–Crippen MR) is 97.0 cm³/mol. The highest BCUT2D eigenvalue weighted by atomic mass is 16.3. The molecule has 5 aliphatic carbocycles. The Bertz CT molecular complexity index is 935. The number of hydrogen-bond acceptors (Lipinski definition) is 4. The van der Waals surface area contributed by atoms with Crippen molar-refractivity contribution in [1.29, 1.82) is 0 Å². The number of benzene rings is 1. The van der Waals surface area contributed by atoms with Gasteiger partial charge in [0, 0.05) is 11.8 Å². The molecule has 0 fully saturated rings. The summed E-state index contributed by atoms with van der Waals surface area (Å²) in [6.45, 7) is 2.22. The summed E-state index contributed by atoms with van der Waals surface area (Å²) in [6, 6.07) is 8.02. The Labute approximate surface area is 146 Å². The molecular formula is C21H18N2O2. The first-order valence-corrected chi connectivity index (χ1v) is 8.84. The van der Waals surface area contributed by atoms with Crippen LogP contribution in [0.15, 0.2) is 80.8 Å². The average molecular weight is 330 g/mol. The van der Waals surface area contributed by atoms with E-state index in [9.17, 15) is 9.81 Å². The normalized spacial score (nSPS) is 32.0. The highest BCUT2D eigenvalue weighted by Gasteiger charge is 2.48. The third-order valence-electron chi connectivity index (χ3n) is 6.10. The van der Waals surface area contributed by atoms with Crippen molar-refractivity contribution >= 4 is 0 Å². The summed E-state index contributed by atoms with van der Waals surface area (Å²) in [7, 11) is 0. The van der Waals surface area contributed by atoms with E-state index in [2.05, 4.69) is 53.7 Å². The summed E-state index contributed by atoms with van der Waals surface area (Å²) in [5.74, 6) is 0.546. The molecule has 0 aromatic heterocycles. The van der Waals surface area contributed by atoms with Crippen LogP contribution in [0.3, 0.4) is 0 Å². The second-order valence-corrected chi connectivity index (χ2v) is 7.42. The smallest absolute Gasteiger partial charge is 0.118 e. The number of rotatable bonds is 2. The van der Waals surface area contributed by atoms with Gasteiger partial charge in [-0.1, -0.05) is 60.2 Å². The highest BCUT2D eigenvalue weighted by Crippen LogP contribution is 2.61. The molecule has 2 bridgehead atoms. The Morgan fingerprint density at radius 1 is 1.08 bits per heavy atom. The van der Waals surface area contributed by atoms with Gasteiger partial charge in [0.1, 0.15) is 11.7 Å². The molecule has 4 heteroatoms. The summed E-state index contributed by atoms with van der Waals surface area (Å²) >= 11 is 0. The molecule has 25 heavy (non-hydrogen) atoms. The lowest BCUT2D eigenvalue weighted by Gasteiger charge is -2.47. The van der Waals surface area contributed by atoms with E-state index in [1.54, 1.807) is 6.08 Å². The van der Waals surface area contributed by atoms with Crippen LogP contribution in [0.2, 0.25) is 0 Å². The minimum atomic E-state index is -0.400. The quantitative estimate of drug-likeness (QED) is 0.694. The summed E-state index contributed by atoms with van der Waals surface area (Å²) in [5.41, 5.74) is 7.68. The van der Waals surface area contributed by atoms with Gasteiger partial charge in [-0.2, -0.15) is 4.91 Å². The Balaban J connectivity index is 1.82. The van der Waals surface area contributed by atoms with Crippen LogP contribution < -0.4 is 0 Å². The van der Waals surface area contributed by atoms with E-state index in [-0.39, 0.29) is 11.8 Å². The number of hydrogen-bond donors (Lipinski definition) is 0. The molecule has 0 spiro atoms. The fourth-order valence-electron chi connectivity index (χ4n) is 5.17. The van der Waals surface area contributed by atoms with Crippen molar-refractivity contribution < 1.29 is 0 Å². The summed E-state index contributed by atoms with van der Waals surface area (Å²) in [4.78, 5) is 23.1. The van der Waals surface area contributed by atoms with Crippen molar-refractivity contribution in [2.24, 2.45) is 16.3 Å². The Kier molecular flexibility index (Phi) is 3.05. The van der Waals surface area contributed by atoms with Crippen LogP contribution in [0.4, 0.5) is 0 Å². The first-order valence-electron chi connectivity index (χ1n) is 8.84. The fourth-order valence-corrected chi connectivity index (χ4v) is 5.17. The predicted octanol–water partition coefficient (Wildman–Crippen LogP) is 5.26. The zero-order valence-corrected chi connectivity index (χ0v) is 14.0. The molecule has 4 nitrogen and oxygen atoms in total. The summed E-state index contributed by atoms with van der Waals surface area (Å²) in [5, 5.41) is 6.72. The fraction of sp³-hybridized carbons (Fsp3) is 0.333. The first kappa shape index (κ1) is 14.7. The molecule has 5 aliphatic rings. The molecule has 0 aliphatic heterocycles. The van der Waals surface area contributed by atoms with Gasteiger partial charge in [-0.3, -0.25) is 0 Å². The second-order valence-electron chi connectivity index (χ2n) is 7.42. The zero-order valence-electron chi connectivity index (χ0n) is 14.0. The second kappa shape index (κ2) is 5.19. The Morgan fingerprint density at radius 2 is 1.84 bits per heavy atom. The van der Waals surface area contributed by atoms with Gasteiger partial charge in [0.2, 0.25) is 0 Å². The van der Waals surface area contributed by atoms with E-state index < -0.39 is 6.04 Å². The standard InChI is InChI=1S/C21H18N2O2/c1-11-6-7-14-15(10-11)19-13-5-3-2-4-12(13)18(14)20-16(22-24)8-9-17(23-25)21(19)20/h2-7,9,11,16,18-19H,8,10H2,1H3. The molecule has 1 aromatic rings. The van der Waals surface area contributed by atoms with Gasteiger partial charge < -0.3 is 0 Å². The third kappa shape index (κ3) is 1.82. The molecule has 0 heterocycles. The third-order valence-corrected chi connectivity index (χ3v) is 6.10. The molecule has 0 radical (unpaired) electrons. The Morgan fingerprint density at radius 3 is 2.56 bits per heavy atom. The minimum Gasteiger partial charge on any atom is -0.150 e. The lowest BCUT2D eigenvalue weighted by atomic mass is 9.56. The van der Waals surface area contributed by atoms with Crippen molar-refractivity contribution in [2.75, 3.05) is 0 Å². The molecule has 6 rings (SSSR count). The highest BCUT2D eigenvalue weighted by molar-refractivity contribution is 5.70. The van der Waals surface area contributed by atoms with Crippen molar-refractivity contribution in [1.82, 2.24) is 0 Å². The van der Waals surface area contributed by atoms with Gasteiger partial charge in [0.25, 0.3) is 0 Å². The van der Waals surface area contributed by atoms with Crippen LogP contribution in [-0.4, -0.2) is 6.04 Å². The van der Waals surface area contributed by atoms with Gasteiger partial charge in [-0.05, 0) is 51.8 Å². The summed E-state index contributed by atoms with van der Waals surface area (Å²) in [6.07, 6.45) is 7.74.